The minimum atomic E-state index is 0. The molecule has 25 heavy (non-hydrogen) atoms. The van der Waals surface area contributed by atoms with E-state index < -0.39 is 0 Å². The molecule has 0 amide bonds. The Balaban J connectivity index is -0.000000267. The van der Waals surface area contributed by atoms with Gasteiger partial charge in [-0.2, -0.15) is 0 Å². The summed E-state index contributed by atoms with van der Waals surface area (Å²) in [6, 6.07) is 0. The molecule has 0 aromatic rings. The van der Waals surface area contributed by atoms with Crippen molar-refractivity contribution in [3.63, 3.8) is 0 Å². The molecule has 1 rings (SSSR count). The van der Waals surface area contributed by atoms with Gasteiger partial charge in [-0.3, -0.25) is 9.98 Å². The monoisotopic (exact) mass is 532 g/mol. The standard InChI is InChI=1S/C16H32N4.2BrH.Ni.2H2O/c1-13-11-15(3,4)19-10-8-18-14(2)12-16(5,6)20-9-7-17-13;;;;;/h19-20H,7-12H2,1-6H3;2*1H;;2*1H2/q;;;+2;;/p-2. The van der Waals surface area contributed by atoms with Crippen LogP contribution in [0.3, 0.4) is 0 Å². The number of aliphatic imine (C=N–C) groups is 2. The maximum absolute atomic E-state index is 4.68. The van der Waals surface area contributed by atoms with Crippen molar-refractivity contribution in [2.24, 2.45) is 9.98 Å². The zero-order valence-corrected chi connectivity index (χ0v) is 20.4. The first kappa shape index (κ1) is 36.5. The molecule has 9 heteroatoms. The maximum atomic E-state index is 4.68. The molecule has 6 nitrogen and oxygen atoms in total. The van der Waals surface area contributed by atoms with E-state index >= 15 is 0 Å². The van der Waals surface area contributed by atoms with E-state index in [2.05, 4.69) is 62.2 Å². The van der Waals surface area contributed by atoms with Gasteiger partial charge in [0.2, 0.25) is 0 Å². The van der Waals surface area contributed by atoms with Gasteiger partial charge in [-0.1, -0.05) is 0 Å². The normalized spacial score (nSPS) is 20.2. The first-order valence-electron chi connectivity index (χ1n) is 7.70. The van der Waals surface area contributed by atoms with Crippen molar-refractivity contribution < 1.29 is 61.4 Å². The van der Waals surface area contributed by atoms with E-state index in [1.165, 1.54) is 11.4 Å². The van der Waals surface area contributed by atoms with Gasteiger partial charge in [0.15, 0.2) is 0 Å². The van der Waals surface area contributed by atoms with Crippen molar-refractivity contribution in [2.45, 2.75) is 65.5 Å². The van der Waals surface area contributed by atoms with E-state index in [9.17, 15) is 0 Å². The van der Waals surface area contributed by atoms with Crippen LogP contribution >= 0.6 is 0 Å². The molecule has 1 aliphatic rings. The van der Waals surface area contributed by atoms with Crippen molar-refractivity contribution in [2.75, 3.05) is 26.2 Å². The Hall–Kier alpha value is 0.634. The van der Waals surface area contributed by atoms with Crippen LogP contribution in [-0.2, 0) is 16.5 Å². The van der Waals surface area contributed by atoms with Crippen molar-refractivity contribution in [1.82, 2.24) is 10.6 Å². The van der Waals surface area contributed by atoms with E-state index in [0.717, 1.165) is 39.0 Å². The summed E-state index contributed by atoms with van der Waals surface area (Å²) >= 11 is 0. The predicted molar refractivity (Wildman–Crippen MR) is 96.6 cm³/mol. The van der Waals surface area contributed by atoms with Crippen LogP contribution in [0.5, 0.6) is 0 Å². The number of nitrogens with zero attached hydrogens (tertiary/aromatic N) is 2. The molecule has 0 aromatic heterocycles. The summed E-state index contributed by atoms with van der Waals surface area (Å²) in [4.78, 5) is 9.35. The van der Waals surface area contributed by atoms with E-state index in [0.29, 0.717) is 0 Å². The Kier molecular flexibility index (Phi) is 24.5. The molecule has 0 spiro atoms. The maximum Gasteiger partial charge on any atom is 2.00 e. The first-order chi connectivity index (χ1) is 9.20. The van der Waals surface area contributed by atoms with Gasteiger partial charge in [0, 0.05) is 48.4 Å². The van der Waals surface area contributed by atoms with Gasteiger partial charge >= 0.3 is 16.5 Å². The second-order valence-corrected chi connectivity index (χ2v) is 7.21. The summed E-state index contributed by atoms with van der Waals surface area (Å²) in [7, 11) is 0. The van der Waals surface area contributed by atoms with Crippen molar-refractivity contribution in [3.8, 4) is 0 Å². The molecular weight excluding hydrogens is 499 g/mol. The van der Waals surface area contributed by atoms with Crippen LogP contribution < -0.4 is 44.6 Å². The van der Waals surface area contributed by atoms with Crippen LogP contribution in [-0.4, -0.2) is 59.6 Å². The van der Waals surface area contributed by atoms with E-state index in [-0.39, 0.29) is 72.5 Å². The van der Waals surface area contributed by atoms with Gasteiger partial charge in [-0.05, 0) is 41.5 Å². The average Bonchev–Trinajstić information content (AvgIpc) is 2.28. The molecule has 0 aliphatic carbocycles. The average molecular weight is 535 g/mol. The molecule has 0 fully saturated rings. The molecular formula is C16H36Br2N4NiO2. The smallest absolute Gasteiger partial charge is 1.00 e. The summed E-state index contributed by atoms with van der Waals surface area (Å²) in [5.74, 6) is 0. The molecule has 1 heterocycles. The first-order valence-corrected chi connectivity index (χ1v) is 7.70. The number of halogens is 2. The Morgan fingerprint density at radius 3 is 1.28 bits per heavy atom. The zero-order valence-electron chi connectivity index (χ0n) is 16.2. The third-order valence-corrected chi connectivity index (χ3v) is 3.59. The third-order valence-electron chi connectivity index (χ3n) is 3.59. The van der Waals surface area contributed by atoms with Crippen molar-refractivity contribution in [1.29, 1.82) is 0 Å². The fraction of sp³-hybridized carbons (Fsp3) is 0.875. The minimum absolute atomic E-state index is 0. The topological polar surface area (TPSA) is 112 Å². The third kappa shape index (κ3) is 17.8. The molecule has 1 aliphatic heterocycles. The molecule has 0 aromatic carbocycles. The van der Waals surface area contributed by atoms with Gasteiger partial charge < -0.3 is 55.5 Å². The Morgan fingerprint density at radius 1 is 0.720 bits per heavy atom. The van der Waals surface area contributed by atoms with Gasteiger partial charge in [0.05, 0.1) is 13.1 Å². The zero-order chi connectivity index (χ0) is 15.2. The number of nitrogens with one attached hydrogen (secondary N) is 2. The number of rotatable bonds is 0. The van der Waals surface area contributed by atoms with E-state index in [1.54, 1.807) is 0 Å². The minimum Gasteiger partial charge on any atom is -1.00 e. The van der Waals surface area contributed by atoms with Crippen LogP contribution in [0.25, 0.3) is 0 Å². The largest absolute Gasteiger partial charge is 2.00 e. The number of hydrogen-bond acceptors (Lipinski definition) is 4. The molecule has 0 saturated carbocycles. The molecule has 6 N–H and O–H groups in total. The summed E-state index contributed by atoms with van der Waals surface area (Å²) in [5.41, 5.74) is 2.62. The molecule has 0 atom stereocenters. The van der Waals surface area contributed by atoms with E-state index in [1.807, 2.05) is 0 Å². The molecule has 156 valence electrons. The fourth-order valence-electron chi connectivity index (χ4n) is 2.80. The van der Waals surface area contributed by atoms with Gasteiger partial charge in [-0.25, -0.2) is 0 Å². The second-order valence-electron chi connectivity index (χ2n) is 7.21. The number of hydrogen-bond donors (Lipinski definition) is 2. The van der Waals surface area contributed by atoms with Gasteiger partial charge in [0.1, 0.15) is 0 Å². The molecule has 0 saturated heterocycles. The van der Waals surface area contributed by atoms with Gasteiger partial charge in [0.25, 0.3) is 0 Å². The fourth-order valence-corrected chi connectivity index (χ4v) is 2.80. The van der Waals surface area contributed by atoms with Crippen LogP contribution in [0.1, 0.15) is 54.4 Å². The Morgan fingerprint density at radius 2 is 1.00 bits per heavy atom. The summed E-state index contributed by atoms with van der Waals surface area (Å²) in [5, 5.41) is 7.16. The molecule has 0 radical (unpaired) electrons. The summed E-state index contributed by atoms with van der Waals surface area (Å²) in [6.07, 6.45) is 1.97. The van der Waals surface area contributed by atoms with Crippen LogP contribution in [0.2, 0.25) is 0 Å². The summed E-state index contributed by atoms with van der Waals surface area (Å²) < 4.78 is 0. The van der Waals surface area contributed by atoms with Crippen LogP contribution in [0.15, 0.2) is 9.98 Å². The van der Waals surface area contributed by atoms with Gasteiger partial charge in [-0.15, -0.1) is 0 Å². The van der Waals surface area contributed by atoms with Crippen LogP contribution in [0, 0.1) is 0 Å². The Bertz CT molecular complexity index is 356. The predicted octanol–water partition coefficient (Wildman–Crippen LogP) is -5.21. The molecule has 0 unspecified atom stereocenters. The van der Waals surface area contributed by atoms with Crippen molar-refractivity contribution in [3.05, 3.63) is 0 Å². The van der Waals surface area contributed by atoms with Crippen molar-refractivity contribution >= 4 is 11.4 Å². The van der Waals surface area contributed by atoms with Crippen LogP contribution in [0.4, 0.5) is 0 Å². The quantitative estimate of drug-likeness (QED) is 0.303. The molecule has 0 bridgehead atoms. The summed E-state index contributed by atoms with van der Waals surface area (Å²) in [6.45, 7) is 16.7. The van der Waals surface area contributed by atoms with E-state index in [4.69, 9.17) is 0 Å². The second kappa shape index (κ2) is 16.8. The Labute approximate surface area is 184 Å². The SMILES string of the molecule is CC1=NCCNC(C)(C)CC(C)=NCCNC(C)(C)C1.O.O.[Br-].[Br-].[Ni+2].